The second-order valence-corrected chi connectivity index (χ2v) is 6.80. The number of rotatable bonds is 4. The molecule has 1 amide bonds. The molecule has 6 nitrogen and oxygen atoms in total. The first kappa shape index (κ1) is 17.2. The van der Waals surface area contributed by atoms with Crippen molar-refractivity contribution < 1.29 is 14.3 Å². The van der Waals surface area contributed by atoms with Gasteiger partial charge in [0.2, 0.25) is 0 Å². The molecule has 1 fully saturated rings. The third kappa shape index (κ3) is 4.26. The molecule has 0 saturated carbocycles. The predicted octanol–water partition coefficient (Wildman–Crippen LogP) is 2.53. The summed E-state index contributed by atoms with van der Waals surface area (Å²) in [6.07, 6.45) is 2.82. The number of amides is 1. The zero-order valence-corrected chi connectivity index (χ0v) is 14.6. The van der Waals surface area contributed by atoms with Gasteiger partial charge in [0.15, 0.2) is 12.3 Å². The molecule has 2 atom stereocenters. The van der Waals surface area contributed by atoms with E-state index in [2.05, 4.69) is 18.9 Å². The number of ether oxygens (including phenoxy) is 1. The molecular weight excluding hydrogens is 318 g/mol. The number of benzene rings is 1. The number of likely N-dealkylation sites (tertiary alicyclic amines) is 1. The van der Waals surface area contributed by atoms with Gasteiger partial charge in [0.05, 0.1) is 5.69 Å². The van der Waals surface area contributed by atoms with E-state index in [1.165, 1.54) is 0 Å². The molecule has 1 saturated heterocycles. The number of hydrogen-bond acceptors (Lipinski definition) is 4. The van der Waals surface area contributed by atoms with Gasteiger partial charge in [-0.3, -0.25) is 4.79 Å². The number of hydrogen-bond donors (Lipinski definition) is 0. The van der Waals surface area contributed by atoms with Crippen LogP contribution in [0.3, 0.4) is 0 Å². The molecule has 0 spiro atoms. The number of para-hydroxylation sites is 1. The molecule has 0 aliphatic carbocycles. The summed E-state index contributed by atoms with van der Waals surface area (Å²) in [4.78, 5) is 26.2. The minimum atomic E-state index is -0.582. The van der Waals surface area contributed by atoms with Crippen molar-refractivity contribution >= 4 is 11.9 Å². The van der Waals surface area contributed by atoms with E-state index in [1.54, 1.807) is 21.8 Å². The van der Waals surface area contributed by atoms with Crippen LogP contribution in [0.5, 0.6) is 0 Å². The average Bonchev–Trinajstić information content (AvgIpc) is 3.09. The predicted molar refractivity (Wildman–Crippen MR) is 93.4 cm³/mol. The third-order valence-corrected chi connectivity index (χ3v) is 4.37. The maximum atomic E-state index is 12.3. The molecule has 3 rings (SSSR count). The van der Waals surface area contributed by atoms with E-state index in [0.717, 1.165) is 25.2 Å². The van der Waals surface area contributed by atoms with Crippen LogP contribution in [0.15, 0.2) is 42.6 Å². The molecule has 0 radical (unpaired) electrons. The molecule has 2 aromatic rings. The first-order valence-corrected chi connectivity index (χ1v) is 8.59. The Hall–Kier alpha value is -2.63. The Bertz CT molecular complexity index is 731. The van der Waals surface area contributed by atoms with Gasteiger partial charge in [-0.2, -0.15) is 5.10 Å². The molecule has 1 aliphatic rings. The van der Waals surface area contributed by atoms with Crippen LogP contribution in [0.25, 0.3) is 5.69 Å². The van der Waals surface area contributed by atoms with E-state index in [0.29, 0.717) is 11.8 Å². The first-order valence-electron chi connectivity index (χ1n) is 8.59. The van der Waals surface area contributed by atoms with Gasteiger partial charge in [-0.05, 0) is 36.5 Å². The Morgan fingerprint density at radius 1 is 1.12 bits per heavy atom. The lowest BCUT2D eigenvalue weighted by Gasteiger charge is -2.34. The van der Waals surface area contributed by atoms with Gasteiger partial charge in [-0.25, -0.2) is 9.48 Å². The van der Waals surface area contributed by atoms with Gasteiger partial charge < -0.3 is 9.64 Å². The lowest BCUT2D eigenvalue weighted by molar-refractivity contribution is -0.137. The molecule has 132 valence electrons. The van der Waals surface area contributed by atoms with Crippen molar-refractivity contribution in [2.45, 2.75) is 20.3 Å². The average molecular weight is 341 g/mol. The minimum Gasteiger partial charge on any atom is -0.451 e. The number of carbonyl (C=O) groups excluding carboxylic acids is 2. The fourth-order valence-corrected chi connectivity index (χ4v) is 3.32. The highest BCUT2D eigenvalue weighted by Crippen LogP contribution is 2.21. The van der Waals surface area contributed by atoms with Gasteiger partial charge in [-0.15, -0.1) is 0 Å². The standard InChI is InChI=1S/C19H23N3O3/c1-14-10-15(2)12-21(11-14)18(23)13-25-19(24)17-8-9-22(20-17)16-6-4-3-5-7-16/h3-9,14-15H,10-13H2,1-2H3/t14-,15+. The van der Waals surface area contributed by atoms with Gasteiger partial charge in [-0.1, -0.05) is 32.0 Å². The Balaban J connectivity index is 1.56. The Kier molecular flexibility index (Phi) is 5.16. The Labute approximate surface area is 147 Å². The second kappa shape index (κ2) is 7.51. The fourth-order valence-electron chi connectivity index (χ4n) is 3.32. The van der Waals surface area contributed by atoms with Crippen LogP contribution in [0, 0.1) is 11.8 Å². The molecule has 1 aliphatic heterocycles. The highest BCUT2D eigenvalue weighted by molar-refractivity contribution is 5.89. The van der Waals surface area contributed by atoms with Gasteiger partial charge >= 0.3 is 5.97 Å². The zero-order valence-electron chi connectivity index (χ0n) is 14.6. The van der Waals surface area contributed by atoms with E-state index >= 15 is 0 Å². The van der Waals surface area contributed by atoms with Crippen LogP contribution in [-0.4, -0.2) is 46.3 Å². The molecule has 2 heterocycles. The lowest BCUT2D eigenvalue weighted by Crippen LogP contribution is -2.44. The number of esters is 1. The lowest BCUT2D eigenvalue weighted by atomic mass is 9.92. The van der Waals surface area contributed by atoms with E-state index in [-0.39, 0.29) is 18.2 Å². The van der Waals surface area contributed by atoms with Gasteiger partial charge in [0.25, 0.3) is 5.91 Å². The van der Waals surface area contributed by atoms with Crippen LogP contribution in [0.1, 0.15) is 30.8 Å². The largest absolute Gasteiger partial charge is 0.451 e. The third-order valence-electron chi connectivity index (χ3n) is 4.37. The monoisotopic (exact) mass is 341 g/mol. The van der Waals surface area contributed by atoms with E-state index < -0.39 is 5.97 Å². The topological polar surface area (TPSA) is 64.4 Å². The summed E-state index contributed by atoms with van der Waals surface area (Å²) in [6, 6.07) is 11.1. The molecule has 6 heteroatoms. The van der Waals surface area contributed by atoms with Crippen LogP contribution in [-0.2, 0) is 9.53 Å². The van der Waals surface area contributed by atoms with Crippen molar-refractivity contribution in [2.75, 3.05) is 19.7 Å². The molecule has 1 aromatic carbocycles. The number of carbonyl (C=O) groups is 2. The summed E-state index contributed by atoms with van der Waals surface area (Å²) >= 11 is 0. The molecule has 1 aromatic heterocycles. The van der Waals surface area contributed by atoms with Gasteiger partial charge in [0, 0.05) is 19.3 Å². The van der Waals surface area contributed by atoms with Gasteiger partial charge in [0.1, 0.15) is 0 Å². The number of piperidine rings is 1. The number of nitrogens with zero attached hydrogens (tertiary/aromatic N) is 3. The summed E-state index contributed by atoms with van der Waals surface area (Å²) in [5.74, 6) is 0.227. The van der Waals surface area contributed by atoms with E-state index in [9.17, 15) is 9.59 Å². The zero-order chi connectivity index (χ0) is 17.8. The van der Waals surface area contributed by atoms with E-state index in [4.69, 9.17) is 4.74 Å². The molecule has 0 N–H and O–H groups in total. The summed E-state index contributed by atoms with van der Waals surface area (Å²) in [6.45, 7) is 5.49. The van der Waals surface area contributed by atoms with Crippen molar-refractivity contribution in [1.82, 2.24) is 14.7 Å². The van der Waals surface area contributed by atoms with Crippen LogP contribution < -0.4 is 0 Å². The highest BCUT2D eigenvalue weighted by atomic mass is 16.5. The minimum absolute atomic E-state index is 0.144. The molecule has 25 heavy (non-hydrogen) atoms. The maximum absolute atomic E-state index is 12.3. The van der Waals surface area contributed by atoms with Crippen molar-refractivity contribution in [3.8, 4) is 5.69 Å². The normalized spacial score (nSPS) is 20.3. The van der Waals surface area contributed by atoms with Crippen molar-refractivity contribution in [2.24, 2.45) is 11.8 Å². The van der Waals surface area contributed by atoms with Crippen LogP contribution in [0.4, 0.5) is 0 Å². The SMILES string of the molecule is C[C@@H]1C[C@H](C)CN(C(=O)COC(=O)c2ccn(-c3ccccc3)n2)C1. The molecule has 0 unspecified atom stereocenters. The summed E-state index contributed by atoms with van der Waals surface area (Å²) in [5, 5.41) is 4.21. The van der Waals surface area contributed by atoms with Crippen molar-refractivity contribution in [3.63, 3.8) is 0 Å². The summed E-state index contributed by atoms with van der Waals surface area (Å²) in [7, 11) is 0. The van der Waals surface area contributed by atoms with Crippen molar-refractivity contribution in [3.05, 3.63) is 48.3 Å². The van der Waals surface area contributed by atoms with Crippen molar-refractivity contribution in [1.29, 1.82) is 0 Å². The first-order chi connectivity index (χ1) is 12.0. The number of aromatic nitrogens is 2. The van der Waals surface area contributed by atoms with Crippen LogP contribution >= 0.6 is 0 Å². The maximum Gasteiger partial charge on any atom is 0.359 e. The Morgan fingerprint density at radius 2 is 1.80 bits per heavy atom. The summed E-state index contributed by atoms with van der Waals surface area (Å²) in [5.41, 5.74) is 1.05. The highest BCUT2D eigenvalue weighted by Gasteiger charge is 2.26. The Morgan fingerprint density at radius 3 is 2.48 bits per heavy atom. The fraction of sp³-hybridized carbons (Fsp3) is 0.421. The summed E-state index contributed by atoms with van der Waals surface area (Å²) < 4.78 is 6.76. The molecule has 0 bridgehead atoms. The second-order valence-electron chi connectivity index (χ2n) is 6.80. The smallest absolute Gasteiger partial charge is 0.359 e. The quantitative estimate of drug-likeness (QED) is 0.802. The van der Waals surface area contributed by atoms with Crippen LogP contribution in [0.2, 0.25) is 0 Å². The van der Waals surface area contributed by atoms with E-state index in [1.807, 2.05) is 30.3 Å². The molecular formula is C19H23N3O3.